The first-order valence-electron chi connectivity index (χ1n) is 3.54. The highest BCUT2D eigenvalue weighted by atomic mass is 15.3. The van der Waals surface area contributed by atoms with Gasteiger partial charge in [-0.25, -0.2) is 0 Å². The fourth-order valence-corrected chi connectivity index (χ4v) is 0.509. The summed E-state index contributed by atoms with van der Waals surface area (Å²) in [5.74, 6) is 0. The monoisotopic (exact) mass is 150 g/mol. The molecule has 0 aliphatic rings. The number of nitrogens with one attached hydrogen (secondary N) is 1. The van der Waals surface area contributed by atoms with E-state index < -0.39 is 0 Å². The largest absolute Gasteiger partial charge is 0.279 e. The fourth-order valence-electron chi connectivity index (χ4n) is 0.509. The van der Waals surface area contributed by atoms with Gasteiger partial charge in [-0.2, -0.15) is 5.10 Å². The lowest BCUT2D eigenvalue weighted by Gasteiger charge is -1.97. The molecular weight excluding hydrogens is 136 g/mol. The standard InChI is InChI=1S/C9H14N2/c1-4-7-8-9(5-2)11-10-6-3/h4-8,11H,1H2,2-3H3/b8-7-,9-5+,10-6-. The van der Waals surface area contributed by atoms with Gasteiger partial charge in [-0.05, 0) is 19.9 Å². The zero-order valence-corrected chi connectivity index (χ0v) is 7.04. The van der Waals surface area contributed by atoms with E-state index in [1.54, 1.807) is 12.3 Å². The van der Waals surface area contributed by atoms with E-state index in [-0.39, 0.29) is 0 Å². The molecular formula is C9H14N2. The number of hydrazone groups is 1. The molecule has 0 amide bonds. The van der Waals surface area contributed by atoms with Crippen LogP contribution in [0.25, 0.3) is 0 Å². The summed E-state index contributed by atoms with van der Waals surface area (Å²) in [6, 6.07) is 0. The van der Waals surface area contributed by atoms with Crippen LogP contribution in [-0.2, 0) is 0 Å². The van der Waals surface area contributed by atoms with Crippen LogP contribution < -0.4 is 5.43 Å². The molecule has 0 aliphatic carbocycles. The van der Waals surface area contributed by atoms with Crippen LogP contribution in [0.4, 0.5) is 0 Å². The van der Waals surface area contributed by atoms with Crippen molar-refractivity contribution in [1.29, 1.82) is 0 Å². The Hall–Kier alpha value is -1.31. The predicted molar refractivity (Wildman–Crippen MR) is 50.4 cm³/mol. The van der Waals surface area contributed by atoms with Gasteiger partial charge in [-0.15, -0.1) is 0 Å². The van der Waals surface area contributed by atoms with Crippen LogP contribution in [0.15, 0.2) is 41.7 Å². The van der Waals surface area contributed by atoms with Crippen LogP contribution in [0.5, 0.6) is 0 Å². The average molecular weight is 150 g/mol. The highest BCUT2D eigenvalue weighted by Crippen LogP contribution is 1.90. The van der Waals surface area contributed by atoms with Gasteiger partial charge in [-0.3, -0.25) is 5.43 Å². The first-order chi connectivity index (χ1) is 5.35. The smallest absolute Gasteiger partial charge is 0.0519 e. The van der Waals surface area contributed by atoms with Crippen LogP contribution in [-0.4, -0.2) is 6.21 Å². The Bertz CT molecular complexity index is 188. The van der Waals surface area contributed by atoms with Crippen molar-refractivity contribution in [3.63, 3.8) is 0 Å². The summed E-state index contributed by atoms with van der Waals surface area (Å²) >= 11 is 0. The quantitative estimate of drug-likeness (QED) is 0.371. The summed E-state index contributed by atoms with van der Waals surface area (Å²) in [4.78, 5) is 0. The third kappa shape index (κ3) is 5.15. The zero-order valence-electron chi connectivity index (χ0n) is 7.04. The number of allylic oxidation sites excluding steroid dienone is 4. The average Bonchev–Trinajstić information content (AvgIpc) is 2.05. The van der Waals surface area contributed by atoms with E-state index >= 15 is 0 Å². The Balaban J connectivity index is 3.97. The van der Waals surface area contributed by atoms with Gasteiger partial charge >= 0.3 is 0 Å². The van der Waals surface area contributed by atoms with Crippen molar-refractivity contribution < 1.29 is 0 Å². The minimum atomic E-state index is 0.961. The van der Waals surface area contributed by atoms with Gasteiger partial charge in [0, 0.05) is 6.21 Å². The van der Waals surface area contributed by atoms with Gasteiger partial charge < -0.3 is 0 Å². The van der Waals surface area contributed by atoms with E-state index in [1.165, 1.54) is 0 Å². The van der Waals surface area contributed by atoms with Gasteiger partial charge in [0.25, 0.3) is 0 Å². The lowest BCUT2D eigenvalue weighted by Crippen LogP contribution is -2.01. The maximum absolute atomic E-state index is 3.87. The second-order valence-electron chi connectivity index (χ2n) is 1.84. The highest BCUT2D eigenvalue weighted by Gasteiger charge is 1.81. The van der Waals surface area contributed by atoms with Crippen LogP contribution in [0.2, 0.25) is 0 Å². The van der Waals surface area contributed by atoms with Gasteiger partial charge in [0.1, 0.15) is 0 Å². The Kier molecular flexibility index (Phi) is 5.99. The second-order valence-corrected chi connectivity index (χ2v) is 1.84. The first-order valence-corrected chi connectivity index (χ1v) is 3.54. The van der Waals surface area contributed by atoms with Crippen molar-refractivity contribution in [2.75, 3.05) is 0 Å². The van der Waals surface area contributed by atoms with Gasteiger partial charge in [0.2, 0.25) is 0 Å². The van der Waals surface area contributed by atoms with Crippen LogP contribution in [0.3, 0.4) is 0 Å². The van der Waals surface area contributed by atoms with Gasteiger partial charge in [0.15, 0.2) is 0 Å². The van der Waals surface area contributed by atoms with E-state index in [1.807, 2.05) is 32.1 Å². The van der Waals surface area contributed by atoms with E-state index in [0.717, 1.165) is 5.70 Å². The Morgan fingerprint density at radius 3 is 2.64 bits per heavy atom. The second kappa shape index (κ2) is 6.81. The fraction of sp³-hybridized carbons (Fsp3) is 0.222. The van der Waals surface area contributed by atoms with Crippen molar-refractivity contribution >= 4 is 6.21 Å². The molecule has 0 unspecified atom stereocenters. The van der Waals surface area contributed by atoms with Crippen molar-refractivity contribution in [2.45, 2.75) is 13.8 Å². The summed E-state index contributed by atoms with van der Waals surface area (Å²) in [6.07, 6.45) is 9.12. The summed E-state index contributed by atoms with van der Waals surface area (Å²) < 4.78 is 0. The molecule has 11 heavy (non-hydrogen) atoms. The molecule has 0 aliphatic heterocycles. The molecule has 1 N–H and O–H groups in total. The molecule has 2 heteroatoms. The lowest BCUT2D eigenvalue weighted by molar-refractivity contribution is 0.919. The zero-order chi connectivity index (χ0) is 8.53. The highest BCUT2D eigenvalue weighted by molar-refractivity contribution is 5.53. The van der Waals surface area contributed by atoms with Crippen molar-refractivity contribution in [3.05, 3.63) is 36.6 Å². The number of rotatable bonds is 4. The van der Waals surface area contributed by atoms with E-state index in [9.17, 15) is 0 Å². The molecule has 0 radical (unpaired) electrons. The maximum atomic E-state index is 3.87. The van der Waals surface area contributed by atoms with Crippen LogP contribution in [0.1, 0.15) is 13.8 Å². The summed E-state index contributed by atoms with van der Waals surface area (Å²) in [7, 11) is 0. The Morgan fingerprint density at radius 1 is 1.45 bits per heavy atom. The van der Waals surface area contributed by atoms with Gasteiger partial charge in [-0.1, -0.05) is 24.8 Å². The van der Waals surface area contributed by atoms with Crippen molar-refractivity contribution in [1.82, 2.24) is 5.43 Å². The molecule has 0 atom stereocenters. The topological polar surface area (TPSA) is 24.4 Å². The van der Waals surface area contributed by atoms with Crippen LogP contribution >= 0.6 is 0 Å². The van der Waals surface area contributed by atoms with Crippen molar-refractivity contribution in [2.24, 2.45) is 5.10 Å². The third-order valence-electron chi connectivity index (χ3n) is 1.05. The number of hydrogen-bond donors (Lipinski definition) is 1. The minimum Gasteiger partial charge on any atom is -0.279 e. The molecule has 2 nitrogen and oxygen atoms in total. The summed E-state index contributed by atoms with van der Waals surface area (Å²) in [6.45, 7) is 7.37. The lowest BCUT2D eigenvalue weighted by atomic mass is 10.4. The van der Waals surface area contributed by atoms with Crippen molar-refractivity contribution in [3.8, 4) is 0 Å². The Morgan fingerprint density at radius 2 is 2.18 bits per heavy atom. The maximum Gasteiger partial charge on any atom is 0.0519 e. The minimum absolute atomic E-state index is 0.961. The van der Waals surface area contributed by atoms with Crippen LogP contribution in [0, 0.1) is 0 Å². The molecule has 0 aromatic heterocycles. The molecule has 0 rings (SSSR count). The molecule has 0 bridgehead atoms. The van der Waals surface area contributed by atoms with E-state index in [4.69, 9.17) is 0 Å². The summed E-state index contributed by atoms with van der Waals surface area (Å²) in [5, 5.41) is 3.87. The van der Waals surface area contributed by atoms with Gasteiger partial charge in [0.05, 0.1) is 5.70 Å². The molecule has 0 saturated carbocycles. The third-order valence-corrected chi connectivity index (χ3v) is 1.05. The molecule has 0 spiro atoms. The SMILES string of the molecule is C=C/C=C\C(=C/C)N/N=C\C. The number of hydrogen-bond acceptors (Lipinski definition) is 2. The van der Waals surface area contributed by atoms with E-state index in [2.05, 4.69) is 17.1 Å². The Labute approximate surface area is 68.0 Å². The molecule has 0 aromatic carbocycles. The molecule has 0 fully saturated rings. The molecule has 0 heterocycles. The molecule has 60 valence electrons. The number of nitrogens with zero attached hydrogens (tertiary/aromatic N) is 1. The predicted octanol–water partition coefficient (Wildman–Crippen LogP) is 2.23. The normalized spacial score (nSPS) is 12.7. The summed E-state index contributed by atoms with van der Waals surface area (Å²) in [5.41, 5.74) is 3.81. The first kappa shape index (κ1) is 9.69. The molecule has 0 aromatic rings. The van der Waals surface area contributed by atoms with E-state index in [0.29, 0.717) is 0 Å². The molecule has 0 saturated heterocycles.